The van der Waals surface area contributed by atoms with Crippen molar-refractivity contribution in [3.05, 3.63) is 150 Å². The van der Waals surface area contributed by atoms with Crippen LogP contribution < -0.4 is 15.4 Å². The van der Waals surface area contributed by atoms with Crippen molar-refractivity contribution in [3.8, 4) is 22.6 Å². The van der Waals surface area contributed by atoms with Crippen molar-refractivity contribution in [2.24, 2.45) is 0 Å². The first kappa shape index (κ1) is 46.5. The van der Waals surface area contributed by atoms with E-state index in [1.54, 1.807) is 0 Å². The summed E-state index contributed by atoms with van der Waals surface area (Å²) in [6.07, 6.45) is 15.6. The number of nitrogens with zero attached hydrogens (tertiary/aromatic N) is 1. The molecule has 6 rings (SSSR count). The fourth-order valence-electron chi connectivity index (χ4n) is 8.16. The van der Waals surface area contributed by atoms with Crippen LogP contribution in [0.1, 0.15) is 132 Å². The summed E-state index contributed by atoms with van der Waals surface area (Å²) in [7, 11) is 0. The topological polar surface area (TPSA) is 92.3 Å². The van der Waals surface area contributed by atoms with Crippen LogP contribution in [0.5, 0.6) is 11.5 Å². The van der Waals surface area contributed by atoms with E-state index in [-0.39, 0.29) is 24.8 Å². The molecule has 0 radical (unpaired) electrons. The zero-order chi connectivity index (χ0) is 43.2. The number of aliphatic hydroxyl groups is 1. The molecule has 330 valence electrons. The molecule has 3 atom stereocenters. The molecular formula is C54H69N3O5. The lowest BCUT2D eigenvalue weighted by molar-refractivity contribution is -0.253. The highest BCUT2D eigenvalue weighted by atomic mass is 16.7. The minimum absolute atomic E-state index is 0.00113. The molecule has 3 N–H and O–H groups in total. The maximum Gasteiger partial charge on any atom is 0.319 e. The number of para-hydroxylation sites is 1. The third-order valence-corrected chi connectivity index (χ3v) is 11.7. The van der Waals surface area contributed by atoms with Crippen LogP contribution in [0.4, 0.5) is 10.5 Å². The molecule has 8 heteroatoms. The first-order valence-electron chi connectivity index (χ1n) is 23.3. The second-order valence-corrected chi connectivity index (χ2v) is 16.8. The molecule has 0 unspecified atom stereocenters. The Balaban J connectivity index is 1.10. The molecule has 0 aliphatic carbocycles. The van der Waals surface area contributed by atoms with Gasteiger partial charge >= 0.3 is 6.03 Å². The number of aliphatic hydroxyl groups excluding tert-OH is 1. The fraction of sp³-hybridized carbons (Fsp3) is 0.426. The number of ether oxygens (including phenoxy) is 3. The van der Waals surface area contributed by atoms with E-state index in [0.717, 1.165) is 65.2 Å². The number of hydrogen-bond acceptors (Lipinski definition) is 6. The first-order valence-corrected chi connectivity index (χ1v) is 23.3. The summed E-state index contributed by atoms with van der Waals surface area (Å²) in [5, 5.41) is 15.7. The largest absolute Gasteiger partial charge is 0.457 e. The predicted octanol–water partition coefficient (Wildman–Crippen LogP) is 13.5. The van der Waals surface area contributed by atoms with Gasteiger partial charge in [-0.3, -0.25) is 0 Å². The average Bonchev–Trinajstić information content (AvgIpc) is 3.31. The van der Waals surface area contributed by atoms with Crippen LogP contribution in [0, 0.1) is 0 Å². The van der Waals surface area contributed by atoms with Crippen LogP contribution in [0.25, 0.3) is 11.1 Å². The van der Waals surface area contributed by atoms with Gasteiger partial charge in [0, 0.05) is 30.8 Å². The smallest absolute Gasteiger partial charge is 0.319 e. The maximum absolute atomic E-state index is 12.9. The Kier molecular flexibility index (Phi) is 19.4. The van der Waals surface area contributed by atoms with Crippen LogP contribution in [0.2, 0.25) is 0 Å². The molecular weight excluding hydrogens is 771 g/mol. The van der Waals surface area contributed by atoms with E-state index in [1.165, 1.54) is 77.0 Å². The Labute approximate surface area is 371 Å². The number of anilines is 1. The Bertz CT molecular complexity index is 2010. The van der Waals surface area contributed by atoms with Crippen molar-refractivity contribution in [2.45, 2.75) is 129 Å². The van der Waals surface area contributed by atoms with Crippen LogP contribution in [-0.4, -0.2) is 41.8 Å². The van der Waals surface area contributed by atoms with Gasteiger partial charge in [0.15, 0.2) is 6.29 Å². The lowest BCUT2D eigenvalue weighted by atomic mass is 9.98. The molecule has 0 bridgehead atoms. The predicted molar refractivity (Wildman–Crippen MR) is 252 cm³/mol. The minimum atomic E-state index is -0.534. The van der Waals surface area contributed by atoms with E-state index in [2.05, 4.69) is 77.9 Å². The van der Waals surface area contributed by atoms with E-state index in [0.29, 0.717) is 18.0 Å². The van der Waals surface area contributed by atoms with Crippen molar-refractivity contribution < 1.29 is 24.1 Å². The summed E-state index contributed by atoms with van der Waals surface area (Å²) in [4.78, 5) is 15.6. The zero-order valence-corrected chi connectivity index (χ0v) is 37.1. The van der Waals surface area contributed by atoms with Gasteiger partial charge < -0.3 is 34.9 Å². The first-order chi connectivity index (χ1) is 30.5. The molecule has 2 amide bonds. The van der Waals surface area contributed by atoms with Gasteiger partial charge in [0.05, 0.1) is 18.8 Å². The highest BCUT2D eigenvalue weighted by Crippen LogP contribution is 2.39. The second-order valence-electron chi connectivity index (χ2n) is 16.8. The van der Waals surface area contributed by atoms with Crippen LogP contribution in [0.15, 0.2) is 127 Å². The van der Waals surface area contributed by atoms with Gasteiger partial charge in [-0.05, 0) is 102 Å². The summed E-state index contributed by atoms with van der Waals surface area (Å²) in [5.41, 5.74) is 6.74. The van der Waals surface area contributed by atoms with Gasteiger partial charge in [-0.25, -0.2) is 4.79 Å². The highest BCUT2D eigenvalue weighted by molar-refractivity contribution is 5.89. The van der Waals surface area contributed by atoms with Gasteiger partial charge in [-0.15, -0.1) is 0 Å². The summed E-state index contributed by atoms with van der Waals surface area (Å²) in [5.74, 6) is 1.45. The highest BCUT2D eigenvalue weighted by Gasteiger charge is 2.33. The average molecular weight is 840 g/mol. The van der Waals surface area contributed by atoms with Crippen molar-refractivity contribution in [1.29, 1.82) is 0 Å². The summed E-state index contributed by atoms with van der Waals surface area (Å²) in [6.45, 7) is 8.02. The molecule has 1 heterocycles. The molecule has 8 nitrogen and oxygen atoms in total. The van der Waals surface area contributed by atoms with Crippen LogP contribution >= 0.6 is 0 Å². The molecule has 1 aliphatic heterocycles. The number of carbonyl (C=O) groups is 1. The van der Waals surface area contributed by atoms with E-state index in [1.807, 2.05) is 78.9 Å². The van der Waals surface area contributed by atoms with E-state index in [4.69, 9.17) is 14.2 Å². The van der Waals surface area contributed by atoms with Crippen molar-refractivity contribution in [2.75, 3.05) is 25.0 Å². The number of hydrogen-bond donors (Lipinski definition) is 3. The SMILES string of the molecule is CCCCCCCCN(CCCCCCCC)C[C@@H]1C[C@H](c2ccc(CO)cc2)O[C@H](c2cccc(-c3cccc(CNC(=O)Nc4ccc(Oc5ccccc5)cc4)c3)c2)O1. The number of rotatable bonds is 25. The zero-order valence-electron chi connectivity index (χ0n) is 37.1. The number of amides is 2. The molecule has 0 aromatic heterocycles. The minimum Gasteiger partial charge on any atom is -0.457 e. The summed E-state index contributed by atoms with van der Waals surface area (Å²) >= 11 is 0. The molecule has 62 heavy (non-hydrogen) atoms. The lowest BCUT2D eigenvalue weighted by Crippen LogP contribution is -2.40. The third kappa shape index (κ3) is 15.4. The lowest BCUT2D eigenvalue weighted by Gasteiger charge is -2.38. The molecule has 1 fully saturated rings. The Morgan fingerprint density at radius 1 is 0.645 bits per heavy atom. The number of carbonyl (C=O) groups excluding carboxylic acids is 1. The Morgan fingerprint density at radius 3 is 1.95 bits per heavy atom. The van der Waals surface area contributed by atoms with E-state index >= 15 is 0 Å². The van der Waals surface area contributed by atoms with Crippen LogP contribution in [0.3, 0.4) is 0 Å². The quantitative estimate of drug-likeness (QED) is 0.0507. The third-order valence-electron chi connectivity index (χ3n) is 11.7. The summed E-state index contributed by atoms with van der Waals surface area (Å²) < 4.78 is 19.6. The van der Waals surface area contributed by atoms with Gasteiger partial charge in [-0.2, -0.15) is 0 Å². The number of benzene rings is 5. The van der Waals surface area contributed by atoms with Crippen molar-refractivity contribution >= 4 is 11.7 Å². The normalized spacial score (nSPS) is 16.3. The van der Waals surface area contributed by atoms with Gasteiger partial charge in [-0.1, -0.05) is 157 Å². The van der Waals surface area contributed by atoms with Gasteiger partial charge in [0.2, 0.25) is 0 Å². The van der Waals surface area contributed by atoms with E-state index < -0.39 is 6.29 Å². The summed E-state index contributed by atoms with van der Waals surface area (Å²) in [6, 6.07) is 41.5. The number of urea groups is 1. The molecule has 1 aliphatic rings. The van der Waals surface area contributed by atoms with Gasteiger partial charge in [0.25, 0.3) is 0 Å². The Hall–Kier alpha value is -4.99. The van der Waals surface area contributed by atoms with Gasteiger partial charge in [0.1, 0.15) is 11.5 Å². The molecule has 5 aromatic rings. The molecule has 5 aromatic carbocycles. The Morgan fingerprint density at radius 2 is 1.27 bits per heavy atom. The molecule has 1 saturated heterocycles. The van der Waals surface area contributed by atoms with Crippen molar-refractivity contribution in [1.82, 2.24) is 10.2 Å². The van der Waals surface area contributed by atoms with Crippen molar-refractivity contribution in [3.63, 3.8) is 0 Å². The second kappa shape index (κ2) is 25.8. The molecule has 0 spiro atoms. The number of nitrogens with one attached hydrogen (secondary N) is 2. The standard InChI is InChI=1S/C54H69N3O5/c1-3-5-7-9-11-16-34-57(35-17-12-10-8-6-4-2)40-51-38-52(44-28-26-42(41-58)27-29-44)62-53(61-51)47-23-19-22-46(37-47)45-21-18-20-43(36-45)39-55-54(59)56-48-30-32-50(33-31-48)60-49-24-14-13-15-25-49/h13-15,18-33,36-37,51-53,58H,3-12,16-17,34-35,38-41H2,1-2H3,(H2,55,56,59)/t51-,52+,53+/m0/s1. The molecule has 0 saturated carbocycles. The van der Waals surface area contributed by atoms with E-state index in [9.17, 15) is 9.90 Å². The number of unbranched alkanes of at least 4 members (excludes halogenated alkanes) is 10. The fourth-order valence-corrected chi connectivity index (χ4v) is 8.16. The maximum atomic E-state index is 12.9. The van der Waals surface area contributed by atoms with Crippen LogP contribution in [-0.2, 0) is 22.6 Å². The monoisotopic (exact) mass is 840 g/mol.